The lowest BCUT2D eigenvalue weighted by atomic mass is 10.0. The zero-order valence-electron chi connectivity index (χ0n) is 15.1. The fourth-order valence-electron chi connectivity index (χ4n) is 2.84. The molecule has 0 spiro atoms. The lowest BCUT2D eigenvalue weighted by Crippen LogP contribution is -2.16. The van der Waals surface area contributed by atoms with E-state index in [9.17, 15) is 0 Å². The van der Waals surface area contributed by atoms with Gasteiger partial charge in [0.25, 0.3) is 0 Å². The zero-order chi connectivity index (χ0) is 17.2. The summed E-state index contributed by atoms with van der Waals surface area (Å²) in [6, 6.07) is 0. The first kappa shape index (κ1) is 24.0. The Balaban J connectivity index is 3.00. The van der Waals surface area contributed by atoms with Gasteiger partial charge in [0.2, 0.25) is 0 Å². The summed E-state index contributed by atoms with van der Waals surface area (Å²) in [4.78, 5) is 0. The molecule has 0 heterocycles. The summed E-state index contributed by atoms with van der Waals surface area (Å²) >= 11 is 17.0. The van der Waals surface area contributed by atoms with E-state index in [1.165, 1.54) is 96.3 Å². The molecule has 0 unspecified atom stereocenters. The summed E-state index contributed by atoms with van der Waals surface area (Å²) in [5.74, 6) is 0. The van der Waals surface area contributed by atoms with Crippen LogP contribution < -0.4 is 0 Å². The second-order valence-electron chi connectivity index (χ2n) is 6.60. The van der Waals surface area contributed by atoms with E-state index in [2.05, 4.69) is 6.92 Å². The predicted octanol–water partition coefficient (Wildman–Crippen LogP) is 8.42. The first-order valence-electron chi connectivity index (χ1n) is 9.77. The van der Waals surface area contributed by atoms with Gasteiger partial charge in [0, 0.05) is 6.61 Å². The molecule has 23 heavy (non-hydrogen) atoms. The van der Waals surface area contributed by atoms with Crippen molar-refractivity contribution in [3.8, 4) is 0 Å². The molecule has 0 aromatic heterocycles. The lowest BCUT2D eigenvalue weighted by molar-refractivity contribution is 0.320. The third-order valence-corrected chi connectivity index (χ3v) is 5.78. The topological polar surface area (TPSA) is 9.23 Å². The van der Waals surface area contributed by atoms with Crippen LogP contribution in [0.5, 0.6) is 0 Å². The van der Waals surface area contributed by atoms with E-state index < -0.39 is 6.25 Å². The van der Waals surface area contributed by atoms with Crippen molar-refractivity contribution in [3.63, 3.8) is 0 Å². The second kappa shape index (κ2) is 17.9. The standard InChI is InChI=1S/C18H37Cl3OSi/c1-2-3-4-5-6-7-8-9-10-11-12-13-14-15-16-17-18-22-23(19,20)21/h2-18H2,1H3. The predicted molar refractivity (Wildman–Crippen MR) is 109 cm³/mol. The lowest BCUT2D eigenvalue weighted by Gasteiger charge is -2.08. The van der Waals surface area contributed by atoms with Crippen molar-refractivity contribution in [3.05, 3.63) is 0 Å². The van der Waals surface area contributed by atoms with Crippen LogP contribution in [0.2, 0.25) is 0 Å². The van der Waals surface area contributed by atoms with Crippen molar-refractivity contribution < 1.29 is 4.43 Å². The highest BCUT2D eigenvalue weighted by molar-refractivity contribution is 7.62. The van der Waals surface area contributed by atoms with E-state index in [1.54, 1.807) is 0 Å². The first-order chi connectivity index (χ1) is 11.1. The minimum Gasteiger partial charge on any atom is -0.381 e. The molecule has 0 N–H and O–H groups in total. The van der Waals surface area contributed by atoms with E-state index >= 15 is 0 Å². The number of hydrogen-bond acceptors (Lipinski definition) is 1. The molecular weight excluding hydrogens is 367 g/mol. The van der Waals surface area contributed by atoms with Crippen LogP contribution in [0.4, 0.5) is 0 Å². The Morgan fingerprint density at radius 3 is 1.13 bits per heavy atom. The molecule has 0 saturated carbocycles. The van der Waals surface area contributed by atoms with Crippen LogP contribution in [-0.2, 0) is 4.43 Å². The van der Waals surface area contributed by atoms with E-state index in [0.29, 0.717) is 6.61 Å². The van der Waals surface area contributed by atoms with Gasteiger partial charge >= 0.3 is 6.25 Å². The van der Waals surface area contributed by atoms with Crippen LogP contribution in [0.3, 0.4) is 0 Å². The van der Waals surface area contributed by atoms with E-state index in [4.69, 9.17) is 37.7 Å². The summed E-state index contributed by atoms with van der Waals surface area (Å²) in [5, 5.41) is 0. The minimum atomic E-state index is -2.85. The highest BCUT2D eigenvalue weighted by Gasteiger charge is 2.26. The Hall–Kier alpha value is 1.05. The van der Waals surface area contributed by atoms with Crippen LogP contribution in [0, 0.1) is 0 Å². The van der Waals surface area contributed by atoms with Crippen LogP contribution in [0.1, 0.15) is 110 Å². The first-order valence-corrected chi connectivity index (χ1v) is 14.7. The van der Waals surface area contributed by atoms with Crippen molar-refractivity contribution in [2.45, 2.75) is 110 Å². The Bertz CT molecular complexity index is 235. The molecule has 0 bridgehead atoms. The molecule has 5 heteroatoms. The van der Waals surface area contributed by atoms with Crippen molar-refractivity contribution in [2.75, 3.05) is 6.61 Å². The third kappa shape index (κ3) is 23.0. The number of rotatable bonds is 18. The Morgan fingerprint density at radius 2 is 0.826 bits per heavy atom. The molecule has 0 rings (SSSR count). The largest absolute Gasteiger partial charge is 0.493 e. The maximum atomic E-state index is 5.65. The monoisotopic (exact) mass is 402 g/mol. The van der Waals surface area contributed by atoms with Crippen LogP contribution in [0.25, 0.3) is 0 Å². The Labute approximate surface area is 160 Å². The smallest absolute Gasteiger partial charge is 0.381 e. The molecule has 0 atom stereocenters. The molecule has 0 saturated heterocycles. The second-order valence-corrected chi connectivity index (χ2v) is 14.3. The van der Waals surface area contributed by atoms with Crippen LogP contribution >= 0.6 is 33.2 Å². The highest BCUT2D eigenvalue weighted by atomic mass is 35.8. The molecule has 0 amide bonds. The Kier molecular flexibility index (Phi) is 18.7. The maximum absolute atomic E-state index is 5.65. The Morgan fingerprint density at radius 1 is 0.522 bits per heavy atom. The third-order valence-electron chi connectivity index (χ3n) is 4.26. The highest BCUT2D eigenvalue weighted by Crippen LogP contribution is 2.21. The van der Waals surface area contributed by atoms with Crippen LogP contribution in [-0.4, -0.2) is 12.9 Å². The average Bonchev–Trinajstić information content (AvgIpc) is 2.49. The van der Waals surface area contributed by atoms with Crippen molar-refractivity contribution >= 4 is 39.5 Å². The summed E-state index contributed by atoms with van der Waals surface area (Å²) in [7, 11) is 0. The van der Waals surface area contributed by atoms with E-state index in [-0.39, 0.29) is 0 Å². The number of halogens is 3. The van der Waals surface area contributed by atoms with Gasteiger partial charge in [-0.2, -0.15) is 0 Å². The van der Waals surface area contributed by atoms with Gasteiger partial charge in [-0.05, 0) is 6.42 Å². The van der Waals surface area contributed by atoms with Crippen LogP contribution in [0.15, 0.2) is 0 Å². The average molecular weight is 404 g/mol. The van der Waals surface area contributed by atoms with Crippen molar-refractivity contribution in [1.29, 1.82) is 0 Å². The minimum absolute atomic E-state index is 0.598. The zero-order valence-corrected chi connectivity index (χ0v) is 18.3. The van der Waals surface area contributed by atoms with Gasteiger partial charge in [0.05, 0.1) is 0 Å². The molecule has 0 radical (unpaired) electrons. The number of hydrogen-bond donors (Lipinski definition) is 0. The van der Waals surface area contributed by atoms with Crippen molar-refractivity contribution in [2.24, 2.45) is 0 Å². The van der Waals surface area contributed by atoms with E-state index in [1.807, 2.05) is 0 Å². The maximum Gasteiger partial charge on any atom is 0.493 e. The summed E-state index contributed by atoms with van der Waals surface area (Å²) in [5.41, 5.74) is 0. The molecule has 140 valence electrons. The van der Waals surface area contributed by atoms with E-state index in [0.717, 1.165) is 6.42 Å². The molecule has 0 aromatic carbocycles. The quantitative estimate of drug-likeness (QED) is 0.127. The summed E-state index contributed by atoms with van der Waals surface area (Å²) < 4.78 is 5.18. The molecule has 0 fully saturated rings. The molecule has 0 aliphatic carbocycles. The molecule has 0 aliphatic rings. The molecular formula is C18H37Cl3OSi. The SMILES string of the molecule is CCCCCCCCCCCCCCCCCCO[Si](Cl)(Cl)Cl. The van der Waals surface area contributed by atoms with Crippen molar-refractivity contribution in [1.82, 2.24) is 0 Å². The number of unbranched alkanes of at least 4 members (excludes halogenated alkanes) is 15. The molecule has 0 aromatic rings. The van der Waals surface area contributed by atoms with Gasteiger partial charge in [0.1, 0.15) is 0 Å². The van der Waals surface area contributed by atoms with Gasteiger partial charge in [-0.3, -0.25) is 0 Å². The fraction of sp³-hybridized carbons (Fsp3) is 1.00. The fourth-order valence-corrected chi connectivity index (χ4v) is 3.91. The molecule has 1 nitrogen and oxygen atoms in total. The molecule has 0 aliphatic heterocycles. The van der Waals surface area contributed by atoms with Gasteiger partial charge < -0.3 is 4.43 Å². The van der Waals surface area contributed by atoms with Gasteiger partial charge in [-0.25, -0.2) is 0 Å². The normalized spacial score (nSPS) is 12.0. The van der Waals surface area contributed by atoms with Gasteiger partial charge in [-0.15, -0.1) is 0 Å². The summed E-state index contributed by atoms with van der Waals surface area (Å²) in [6.45, 7) is 2.88. The van der Waals surface area contributed by atoms with Gasteiger partial charge in [-0.1, -0.05) is 136 Å². The summed E-state index contributed by atoms with van der Waals surface area (Å²) in [6.07, 6.45) is 19.0. The van der Waals surface area contributed by atoms with Gasteiger partial charge in [0.15, 0.2) is 0 Å².